The molecule has 3 heterocycles. The molecule has 0 saturated heterocycles. The zero-order chi connectivity index (χ0) is 33.0. The summed E-state index contributed by atoms with van der Waals surface area (Å²) < 4.78 is 4.68. The Morgan fingerprint density at radius 2 is 0.640 bits per heavy atom. The summed E-state index contributed by atoms with van der Waals surface area (Å²) in [5.41, 5.74) is 11.8. The van der Waals surface area contributed by atoms with Gasteiger partial charge in [0.25, 0.3) is 0 Å². The van der Waals surface area contributed by atoms with Crippen LogP contribution >= 0.6 is 0 Å². The van der Waals surface area contributed by atoms with E-state index in [2.05, 4.69) is 173 Å². The van der Waals surface area contributed by atoms with Gasteiger partial charge in [-0.1, -0.05) is 127 Å². The van der Waals surface area contributed by atoms with Crippen molar-refractivity contribution in [2.75, 3.05) is 0 Å². The van der Waals surface area contributed by atoms with Crippen LogP contribution in [-0.4, -0.2) is 19.1 Å². The zero-order valence-electron chi connectivity index (χ0n) is 27.1. The van der Waals surface area contributed by atoms with Crippen LogP contribution in [0.1, 0.15) is 0 Å². The second-order valence-corrected chi connectivity index (χ2v) is 12.7. The van der Waals surface area contributed by atoms with E-state index in [0.717, 1.165) is 39.5 Å². The number of fused-ring (bicyclic) bond motifs is 6. The van der Waals surface area contributed by atoms with Crippen LogP contribution in [0.5, 0.6) is 0 Å². The highest BCUT2D eigenvalue weighted by Gasteiger charge is 2.15. The van der Waals surface area contributed by atoms with Gasteiger partial charge in [-0.25, -0.2) is 9.97 Å². The second kappa shape index (κ2) is 11.4. The van der Waals surface area contributed by atoms with E-state index in [4.69, 9.17) is 9.97 Å². The van der Waals surface area contributed by atoms with E-state index >= 15 is 0 Å². The van der Waals surface area contributed by atoms with E-state index in [9.17, 15) is 0 Å². The highest BCUT2D eigenvalue weighted by Crippen LogP contribution is 2.35. The molecule has 0 fully saturated rings. The lowest BCUT2D eigenvalue weighted by Gasteiger charge is -2.12. The van der Waals surface area contributed by atoms with Crippen molar-refractivity contribution >= 4 is 43.6 Å². The van der Waals surface area contributed by atoms with Crippen LogP contribution in [0, 0.1) is 0 Å². The van der Waals surface area contributed by atoms with E-state index in [1.807, 2.05) is 18.2 Å². The average molecular weight is 639 g/mol. The molecule has 7 aromatic carbocycles. The number of aromatic nitrogens is 4. The topological polar surface area (TPSA) is 35.6 Å². The molecule has 4 nitrogen and oxygen atoms in total. The molecule has 4 heteroatoms. The minimum atomic E-state index is 0.705. The van der Waals surface area contributed by atoms with Crippen LogP contribution < -0.4 is 0 Å². The fraction of sp³-hybridized carbons (Fsp3) is 0. The van der Waals surface area contributed by atoms with Crippen molar-refractivity contribution in [3.8, 4) is 45.3 Å². The fourth-order valence-electron chi connectivity index (χ4n) is 7.42. The lowest BCUT2D eigenvalue weighted by Crippen LogP contribution is -1.97. The average Bonchev–Trinajstić information content (AvgIpc) is 3.71. The summed E-state index contributed by atoms with van der Waals surface area (Å²) in [6.45, 7) is 0. The third kappa shape index (κ3) is 4.54. The largest absolute Gasteiger partial charge is 0.309 e. The molecule has 0 aliphatic rings. The zero-order valence-corrected chi connectivity index (χ0v) is 27.1. The van der Waals surface area contributed by atoms with Gasteiger partial charge in [0.05, 0.1) is 33.5 Å². The van der Waals surface area contributed by atoms with Gasteiger partial charge in [-0.2, -0.15) is 0 Å². The van der Waals surface area contributed by atoms with E-state index in [1.165, 1.54) is 43.6 Å². The Bertz CT molecular complexity index is 2560. The van der Waals surface area contributed by atoms with Crippen molar-refractivity contribution in [2.24, 2.45) is 0 Å². The summed E-state index contributed by atoms with van der Waals surface area (Å²) in [5, 5.41) is 5.02. The molecule has 0 aliphatic carbocycles. The Hall–Kier alpha value is -6.78. The van der Waals surface area contributed by atoms with Gasteiger partial charge in [0, 0.05) is 49.6 Å². The maximum absolute atomic E-state index is 5.10. The molecule has 234 valence electrons. The van der Waals surface area contributed by atoms with Crippen molar-refractivity contribution in [2.45, 2.75) is 0 Å². The van der Waals surface area contributed by atoms with E-state index < -0.39 is 0 Å². The lowest BCUT2D eigenvalue weighted by molar-refractivity contribution is 1.16. The van der Waals surface area contributed by atoms with Crippen LogP contribution in [0.15, 0.2) is 182 Å². The molecule has 0 unspecified atom stereocenters. The Morgan fingerprint density at radius 3 is 1.02 bits per heavy atom. The quantitative estimate of drug-likeness (QED) is 0.188. The van der Waals surface area contributed by atoms with Crippen LogP contribution in [0.3, 0.4) is 0 Å². The predicted molar refractivity (Wildman–Crippen MR) is 207 cm³/mol. The molecule has 3 aromatic heterocycles. The van der Waals surface area contributed by atoms with Crippen LogP contribution in [0.25, 0.3) is 88.9 Å². The van der Waals surface area contributed by atoms with E-state index in [-0.39, 0.29) is 0 Å². The second-order valence-electron chi connectivity index (χ2n) is 12.7. The monoisotopic (exact) mass is 638 g/mol. The van der Waals surface area contributed by atoms with Gasteiger partial charge >= 0.3 is 0 Å². The first-order valence-corrected chi connectivity index (χ1v) is 16.9. The van der Waals surface area contributed by atoms with E-state index in [1.54, 1.807) is 0 Å². The number of para-hydroxylation sites is 4. The maximum atomic E-state index is 5.10. The third-order valence-electron chi connectivity index (χ3n) is 9.76. The van der Waals surface area contributed by atoms with Gasteiger partial charge in [-0.15, -0.1) is 0 Å². The highest BCUT2D eigenvalue weighted by atomic mass is 15.0. The first kappa shape index (κ1) is 28.3. The molecule has 0 radical (unpaired) electrons. The van der Waals surface area contributed by atoms with E-state index in [0.29, 0.717) is 5.82 Å². The lowest BCUT2D eigenvalue weighted by atomic mass is 10.1. The summed E-state index contributed by atoms with van der Waals surface area (Å²) in [6, 6.07) is 64.2. The maximum Gasteiger partial charge on any atom is 0.160 e. The van der Waals surface area contributed by atoms with Crippen LogP contribution in [0.2, 0.25) is 0 Å². The van der Waals surface area contributed by atoms with Crippen molar-refractivity contribution in [3.05, 3.63) is 182 Å². The smallest absolute Gasteiger partial charge is 0.160 e. The molecule has 0 amide bonds. The summed E-state index contributed by atoms with van der Waals surface area (Å²) in [6.07, 6.45) is 0. The molecule has 0 spiro atoms. The van der Waals surface area contributed by atoms with Gasteiger partial charge in [-0.3, -0.25) is 0 Å². The molecular weight excluding hydrogens is 609 g/mol. The molecule has 50 heavy (non-hydrogen) atoms. The highest BCUT2D eigenvalue weighted by molar-refractivity contribution is 6.10. The van der Waals surface area contributed by atoms with Crippen molar-refractivity contribution in [3.63, 3.8) is 0 Å². The molecule has 0 N–H and O–H groups in total. The minimum absolute atomic E-state index is 0.705. The standard InChI is InChI=1S/C46H30N4/c1-2-12-33(13-3-1)46-47-40(31-22-26-34(27-23-31)49-42-18-8-4-14-36(42)37-15-5-9-19-43(37)49)30-41(48-46)32-24-28-35(29-25-32)50-44-20-10-6-16-38(44)39-17-7-11-21-45(39)50/h1-30H. The molecule has 10 aromatic rings. The Labute approximate surface area is 289 Å². The minimum Gasteiger partial charge on any atom is -0.309 e. The predicted octanol–water partition coefficient (Wildman–Crippen LogP) is 11.7. The number of hydrogen-bond donors (Lipinski definition) is 0. The molecule has 0 aliphatic heterocycles. The Morgan fingerprint density at radius 1 is 0.300 bits per heavy atom. The fourth-order valence-corrected chi connectivity index (χ4v) is 7.42. The number of nitrogens with zero attached hydrogens (tertiary/aromatic N) is 4. The summed E-state index contributed by atoms with van der Waals surface area (Å²) >= 11 is 0. The molecule has 0 bridgehead atoms. The van der Waals surface area contributed by atoms with Gasteiger partial charge in [0.15, 0.2) is 5.82 Å². The van der Waals surface area contributed by atoms with Crippen molar-refractivity contribution in [1.29, 1.82) is 0 Å². The van der Waals surface area contributed by atoms with Gasteiger partial charge in [0.2, 0.25) is 0 Å². The number of hydrogen-bond acceptors (Lipinski definition) is 2. The summed E-state index contributed by atoms with van der Waals surface area (Å²) in [4.78, 5) is 10.2. The summed E-state index contributed by atoms with van der Waals surface area (Å²) in [7, 11) is 0. The third-order valence-corrected chi connectivity index (χ3v) is 9.76. The van der Waals surface area contributed by atoms with Gasteiger partial charge in [-0.05, 0) is 54.6 Å². The van der Waals surface area contributed by atoms with Crippen molar-refractivity contribution < 1.29 is 0 Å². The molecule has 10 rings (SSSR count). The summed E-state index contributed by atoms with van der Waals surface area (Å²) in [5.74, 6) is 0.705. The Kier molecular flexibility index (Phi) is 6.46. The molecular formula is C46H30N4. The number of rotatable bonds is 5. The van der Waals surface area contributed by atoms with Gasteiger partial charge < -0.3 is 9.13 Å². The van der Waals surface area contributed by atoms with Crippen LogP contribution in [-0.2, 0) is 0 Å². The number of benzene rings is 7. The van der Waals surface area contributed by atoms with Crippen LogP contribution in [0.4, 0.5) is 0 Å². The SMILES string of the molecule is c1ccc(-c2nc(-c3ccc(-n4c5ccccc5c5ccccc54)cc3)cc(-c3ccc(-n4c5ccccc5c5ccccc54)cc3)n2)cc1. The molecule has 0 atom stereocenters. The first-order valence-electron chi connectivity index (χ1n) is 16.9. The van der Waals surface area contributed by atoms with Gasteiger partial charge in [0.1, 0.15) is 0 Å². The van der Waals surface area contributed by atoms with Crippen molar-refractivity contribution in [1.82, 2.24) is 19.1 Å². The first-order chi connectivity index (χ1) is 24.8. The normalized spacial score (nSPS) is 11.6. The Balaban J connectivity index is 1.07. The molecule has 0 saturated carbocycles.